The van der Waals surface area contributed by atoms with E-state index < -0.39 is 0 Å². The van der Waals surface area contributed by atoms with Crippen molar-refractivity contribution in [2.45, 2.75) is 45.1 Å². The molecule has 6 nitrogen and oxygen atoms in total. The Labute approximate surface area is 149 Å². The molecule has 25 heavy (non-hydrogen) atoms. The predicted octanol–water partition coefficient (Wildman–Crippen LogP) is 1.89. The van der Waals surface area contributed by atoms with Crippen molar-refractivity contribution in [3.63, 3.8) is 0 Å². The molecular formula is C19H29N3O3. The molecule has 0 radical (unpaired) electrons. The molecule has 138 valence electrons. The Hall–Kier alpha value is -1.63. The van der Waals surface area contributed by atoms with Gasteiger partial charge in [0.2, 0.25) is 0 Å². The number of ether oxygens (including phenoxy) is 2. The van der Waals surface area contributed by atoms with Crippen LogP contribution in [-0.2, 0) is 22.6 Å². The Kier molecular flexibility index (Phi) is 6.67. The fourth-order valence-corrected chi connectivity index (χ4v) is 3.39. The lowest BCUT2D eigenvalue weighted by molar-refractivity contribution is -0.0212. The van der Waals surface area contributed by atoms with Crippen LogP contribution in [-0.4, -0.2) is 56.0 Å². The standard InChI is InChI=1S/C19H29N3O3/c1-15-13-22(7-9-24-15)14-17-5-2-4-16(10-17)11-20-19(23)21-12-18-6-3-8-25-18/h2,4-5,10,15,18H,3,6-9,11-14H2,1H3,(H2,20,21,23)/t15-,18-/m0/s1. The molecule has 2 atom stereocenters. The molecule has 0 spiro atoms. The third-order valence-corrected chi connectivity index (χ3v) is 4.69. The van der Waals surface area contributed by atoms with Gasteiger partial charge in [0.15, 0.2) is 0 Å². The topological polar surface area (TPSA) is 62.8 Å². The fourth-order valence-electron chi connectivity index (χ4n) is 3.39. The van der Waals surface area contributed by atoms with Gasteiger partial charge in [0.1, 0.15) is 0 Å². The van der Waals surface area contributed by atoms with Crippen molar-refractivity contribution in [3.05, 3.63) is 35.4 Å². The van der Waals surface area contributed by atoms with Crippen LogP contribution in [0.3, 0.4) is 0 Å². The number of carbonyl (C=O) groups excluding carboxylic acids is 1. The summed E-state index contributed by atoms with van der Waals surface area (Å²) in [5.41, 5.74) is 2.39. The number of hydrogen-bond donors (Lipinski definition) is 2. The molecule has 1 aromatic carbocycles. The summed E-state index contributed by atoms with van der Waals surface area (Å²) >= 11 is 0. The SMILES string of the molecule is C[C@H]1CN(Cc2cccc(CNC(=O)NC[C@@H]3CCCO3)c2)CCO1. The lowest BCUT2D eigenvalue weighted by atomic mass is 10.1. The van der Waals surface area contributed by atoms with E-state index in [0.717, 1.165) is 51.3 Å². The highest BCUT2D eigenvalue weighted by molar-refractivity contribution is 5.73. The maximum Gasteiger partial charge on any atom is 0.315 e. The predicted molar refractivity (Wildman–Crippen MR) is 96.3 cm³/mol. The summed E-state index contributed by atoms with van der Waals surface area (Å²) in [6, 6.07) is 8.27. The van der Waals surface area contributed by atoms with Gasteiger partial charge in [-0.3, -0.25) is 4.90 Å². The highest BCUT2D eigenvalue weighted by Gasteiger charge is 2.17. The highest BCUT2D eigenvalue weighted by atomic mass is 16.5. The van der Waals surface area contributed by atoms with Crippen LogP contribution in [0.5, 0.6) is 0 Å². The molecule has 2 amide bonds. The average molecular weight is 347 g/mol. The summed E-state index contributed by atoms with van der Waals surface area (Å²) < 4.78 is 11.1. The number of amides is 2. The van der Waals surface area contributed by atoms with E-state index in [2.05, 4.69) is 40.7 Å². The van der Waals surface area contributed by atoms with Crippen LogP contribution in [0, 0.1) is 0 Å². The van der Waals surface area contributed by atoms with E-state index in [4.69, 9.17) is 9.47 Å². The zero-order valence-electron chi connectivity index (χ0n) is 15.0. The molecular weight excluding hydrogens is 318 g/mol. The number of benzene rings is 1. The molecule has 0 saturated carbocycles. The van der Waals surface area contributed by atoms with Crippen molar-refractivity contribution < 1.29 is 14.3 Å². The highest BCUT2D eigenvalue weighted by Crippen LogP contribution is 2.12. The molecule has 1 aromatic rings. The van der Waals surface area contributed by atoms with Gasteiger partial charge in [-0.1, -0.05) is 24.3 Å². The van der Waals surface area contributed by atoms with Crippen LogP contribution in [0.15, 0.2) is 24.3 Å². The van der Waals surface area contributed by atoms with E-state index in [9.17, 15) is 4.79 Å². The Balaban J connectivity index is 1.42. The largest absolute Gasteiger partial charge is 0.376 e. The molecule has 0 aromatic heterocycles. The molecule has 2 N–H and O–H groups in total. The maximum absolute atomic E-state index is 11.9. The van der Waals surface area contributed by atoms with E-state index in [1.807, 2.05) is 6.07 Å². The molecule has 3 rings (SSSR count). The van der Waals surface area contributed by atoms with Gasteiger partial charge in [-0.15, -0.1) is 0 Å². The molecule has 0 aliphatic carbocycles. The summed E-state index contributed by atoms with van der Waals surface area (Å²) in [6.45, 7) is 7.70. The fraction of sp³-hybridized carbons (Fsp3) is 0.632. The lowest BCUT2D eigenvalue weighted by Crippen LogP contribution is -2.40. The van der Waals surface area contributed by atoms with Gasteiger partial charge in [-0.05, 0) is 30.9 Å². The van der Waals surface area contributed by atoms with Crippen molar-refractivity contribution >= 4 is 6.03 Å². The summed E-state index contributed by atoms with van der Waals surface area (Å²) in [7, 11) is 0. The van der Waals surface area contributed by atoms with Gasteiger partial charge in [0, 0.05) is 39.3 Å². The first kappa shape index (κ1) is 18.2. The third-order valence-electron chi connectivity index (χ3n) is 4.69. The van der Waals surface area contributed by atoms with Crippen LogP contribution >= 0.6 is 0 Å². The Morgan fingerprint density at radius 2 is 2.12 bits per heavy atom. The van der Waals surface area contributed by atoms with E-state index in [1.54, 1.807) is 0 Å². The number of urea groups is 1. The normalized spacial score (nSPS) is 24.2. The van der Waals surface area contributed by atoms with Gasteiger partial charge >= 0.3 is 6.03 Å². The second-order valence-corrected chi connectivity index (χ2v) is 6.94. The van der Waals surface area contributed by atoms with Gasteiger partial charge in [-0.25, -0.2) is 4.79 Å². The van der Waals surface area contributed by atoms with Crippen LogP contribution in [0.25, 0.3) is 0 Å². The molecule has 2 saturated heterocycles. The maximum atomic E-state index is 11.9. The molecule has 2 heterocycles. The van der Waals surface area contributed by atoms with E-state index >= 15 is 0 Å². The quantitative estimate of drug-likeness (QED) is 0.825. The van der Waals surface area contributed by atoms with Gasteiger partial charge < -0.3 is 20.1 Å². The minimum absolute atomic E-state index is 0.136. The number of nitrogens with one attached hydrogen (secondary N) is 2. The second-order valence-electron chi connectivity index (χ2n) is 6.94. The van der Waals surface area contributed by atoms with Crippen molar-refractivity contribution in [3.8, 4) is 0 Å². The van der Waals surface area contributed by atoms with E-state index in [1.165, 1.54) is 5.56 Å². The van der Waals surface area contributed by atoms with Crippen molar-refractivity contribution in [1.29, 1.82) is 0 Å². The van der Waals surface area contributed by atoms with Crippen LogP contribution in [0.4, 0.5) is 4.79 Å². The minimum atomic E-state index is -0.136. The molecule has 0 unspecified atom stereocenters. The third kappa shape index (κ3) is 5.99. The Morgan fingerprint density at radius 3 is 2.92 bits per heavy atom. The molecule has 0 bridgehead atoms. The van der Waals surface area contributed by atoms with E-state index in [-0.39, 0.29) is 12.1 Å². The minimum Gasteiger partial charge on any atom is -0.376 e. The summed E-state index contributed by atoms with van der Waals surface area (Å²) in [4.78, 5) is 14.3. The molecule has 2 aliphatic heterocycles. The first-order chi connectivity index (χ1) is 12.2. The van der Waals surface area contributed by atoms with E-state index in [0.29, 0.717) is 19.2 Å². The van der Waals surface area contributed by atoms with Crippen molar-refractivity contribution in [1.82, 2.24) is 15.5 Å². The Morgan fingerprint density at radius 1 is 1.24 bits per heavy atom. The number of rotatable bonds is 6. The monoisotopic (exact) mass is 347 g/mol. The average Bonchev–Trinajstić information content (AvgIpc) is 3.12. The van der Waals surface area contributed by atoms with Crippen LogP contribution in [0.1, 0.15) is 30.9 Å². The smallest absolute Gasteiger partial charge is 0.315 e. The lowest BCUT2D eigenvalue weighted by Gasteiger charge is -2.31. The number of hydrogen-bond acceptors (Lipinski definition) is 4. The second kappa shape index (κ2) is 9.17. The molecule has 2 fully saturated rings. The van der Waals surface area contributed by atoms with Crippen LogP contribution in [0.2, 0.25) is 0 Å². The van der Waals surface area contributed by atoms with Crippen molar-refractivity contribution in [2.24, 2.45) is 0 Å². The molecule has 6 heteroatoms. The van der Waals surface area contributed by atoms with Crippen LogP contribution < -0.4 is 10.6 Å². The first-order valence-electron chi connectivity index (χ1n) is 9.24. The summed E-state index contributed by atoms with van der Waals surface area (Å²) in [5.74, 6) is 0. The number of nitrogens with zero attached hydrogens (tertiary/aromatic N) is 1. The summed E-state index contributed by atoms with van der Waals surface area (Å²) in [6.07, 6.45) is 2.58. The van der Waals surface area contributed by atoms with Gasteiger partial charge in [0.05, 0.1) is 18.8 Å². The molecule has 2 aliphatic rings. The van der Waals surface area contributed by atoms with Gasteiger partial charge in [0.25, 0.3) is 0 Å². The zero-order valence-corrected chi connectivity index (χ0v) is 15.0. The number of morpholine rings is 1. The Bertz CT molecular complexity index is 561. The van der Waals surface area contributed by atoms with Gasteiger partial charge in [-0.2, -0.15) is 0 Å². The zero-order chi connectivity index (χ0) is 17.5. The summed E-state index contributed by atoms with van der Waals surface area (Å²) in [5, 5.41) is 5.80. The number of carbonyl (C=O) groups is 1. The van der Waals surface area contributed by atoms with Crippen molar-refractivity contribution in [2.75, 3.05) is 32.8 Å². The first-order valence-corrected chi connectivity index (χ1v) is 9.24.